The van der Waals surface area contributed by atoms with Crippen LogP contribution in [0.1, 0.15) is 17.0 Å². The van der Waals surface area contributed by atoms with Crippen LogP contribution in [0.2, 0.25) is 0 Å². The van der Waals surface area contributed by atoms with Crippen molar-refractivity contribution in [2.45, 2.75) is 24.8 Å². The molecule has 2 aromatic heterocycles. The fraction of sp³-hybridized carbons (Fsp3) is 0.190. The van der Waals surface area contributed by atoms with Crippen LogP contribution in [0.3, 0.4) is 0 Å². The van der Waals surface area contributed by atoms with E-state index in [4.69, 9.17) is 0 Å². The van der Waals surface area contributed by atoms with Crippen molar-refractivity contribution >= 4 is 21.5 Å². The maximum Gasteiger partial charge on any atom is 0.240 e. The van der Waals surface area contributed by atoms with Crippen LogP contribution in [-0.2, 0) is 23.0 Å². The van der Waals surface area contributed by atoms with Gasteiger partial charge in [0.25, 0.3) is 0 Å². The number of fused-ring (bicyclic) bond motifs is 1. The Balaban J connectivity index is 1.41. The maximum atomic E-state index is 13.0. The Labute approximate surface area is 179 Å². The molecular formula is C21H21FN6O2S. The molecule has 0 bridgehead atoms. The molecule has 4 rings (SSSR count). The van der Waals surface area contributed by atoms with E-state index in [-0.39, 0.29) is 17.3 Å². The van der Waals surface area contributed by atoms with Gasteiger partial charge in [-0.3, -0.25) is 0 Å². The van der Waals surface area contributed by atoms with Gasteiger partial charge in [-0.05, 0) is 48.9 Å². The van der Waals surface area contributed by atoms with Gasteiger partial charge in [0.1, 0.15) is 11.6 Å². The highest BCUT2D eigenvalue weighted by molar-refractivity contribution is 7.89. The third-order valence-electron chi connectivity index (χ3n) is 4.69. The number of rotatable bonds is 8. The van der Waals surface area contributed by atoms with E-state index in [1.165, 1.54) is 12.1 Å². The van der Waals surface area contributed by atoms with E-state index < -0.39 is 10.0 Å². The third-order valence-corrected chi connectivity index (χ3v) is 6.16. The summed E-state index contributed by atoms with van der Waals surface area (Å²) in [6.07, 6.45) is 0.320. The van der Waals surface area contributed by atoms with Crippen molar-refractivity contribution in [1.29, 1.82) is 0 Å². The van der Waals surface area contributed by atoms with E-state index in [1.54, 1.807) is 53.0 Å². The molecule has 0 atom stereocenters. The van der Waals surface area contributed by atoms with Gasteiger partial charge in [-0.2, -0.15) is 4.52 Å². The molecule has 0 aliphatic heterocycles. The average Bonchev–Trinajstić information content (AvgIpc) is 3.16. The Bertz CT molecular complexity index is 1290. The number of aromatic nitrogens is 4. The summed E-state index contributed by atoms with van der Waals surface area (Å²) < 4.78 is 42.0. The van der Waals surface area contributed by atoms with E-state index >= 15 is 0 Å². The first-order chi connectivity index (χ1) is 14.9. The van der Waals surface area contributed by atoms with E-state index in [1.807, 2.05) is 6.92 Å². The van der Waals surface area contributed by atoms with Crippen molar-refractivity contribution < 1.29 is 12.8 Å². The minimum atomic E-state index is -3.60. The molecule has 0 spiro atoms. The predicted octanol–water partition coefficient (Wildman–Crippen LogP) is 2.70. The van der Waals surface area contributed by atoms with Gasteiger partial charge < -0.3 is 5.32 Å². The zero-order chi connectivity index (χ0) is 21.8. The van der Waals surface area contributed by atoms with Crippen LogP contribution in [0.15, 0.2) is 65.6 Å². The maximum absolute atomic E-state index is 13.0. The van der Waals surface area contributed by atoms with Gasteiger partial charge in [0, 0.05) is 19.5 Å². The van der Waals surface area contributed by atoms with Crippen molar-refractivity contribution in [3.05, 3.63) is 83.4 Å². The minimum absolute atomic E-state index is 0.159. The number of halogens is 1. The molecule has 0 amide bonds. The molecule has 4 aromatic rings. The first-order valence-corrected chi connectivity index (χ1v) is 11.1. The Morgan fingerprint density at radius 3 is 2.45 bits per heavy atom. The second kappa shape index (κ2) is 8.78. The lowest BCUT2D eigenvalue weighted by molar-refractivity contribution is 0.580. The molecule has 0 radical (unpaired) electrons. The predicted molar refractivity (Wildman–Crippen MR) is 115 cm³/mol. The van der Waals surface area contributed by atoms with E-state index in [0.29, 0.717) is 30.3 Å². The first-order valence-electron chi connectivity index (χ1n) is 9.67. The molecule has 0 aliphatic rings. The Kier molecular flexibility index (Phi) is 5.92. The number of hydrogen-bond acceptors (Lipinski definition) is 6. The van der Waals surface area contributed by atoms with Crippen LogP contribution >= 0.6 is 0 Å². The van der Waals surface area contributed by atoms with Gasteiger partial charge in [-0.15, -0.1) is 15.3 Å². The molecule has 2 N–H and O–H groups in total. The molecule has 0 unspecified atom stereocenters. The van der Waals surface area contributed by atoms with Crippen LogP contribution in [0, 0.1) is 12.7 Å². The SMILES string of the molecule is Cc1ccc(S(=O)(=O)NCCc2nnc3ccc(NCc4ccc(F)cc4)nn23)cc1. The second-order valence-electron chi connectivity index (χ2n) is 7.05. The molecule has 2 aromatic carbocycles. The number of benzene rings is 2. The van der Waals surface area contributed by atoms with E-state index in [2.05, 4.69) is 25.3 Å². The summed E-state index contributed by atoms with van der Waals surface area (Å²) in [6.45, 7) is 2.54. The van der Waals surface area contributed by atoms with Gasteiger partial charge in [0.15, 0.2) is 11.5 Å². The lowest BCUT2D eigenvalue weighted by Crippen LogP contribution is -2.26. The first kappa shape index (κ1) is 20.9. The fourth-order valence-electron chi connectivity index (χ4n) is 2.98. The van der Waals surface area contributed by atoms with Crippen LogP contribution < -0.4 is 10.0 Å². The van der Waals surface area contributed by atoms with Crippen LogP contribution in [-0.4, -0.2) is 34.8 Å². The van der Waals surface area contributed by atoms with Crippen molar-refractivity contribution in [3.63, 3.8) is 0 Å². The summed E-state index contributed by atoms with van der Waals surface area (Å²) >= 11 is 0. The highest BCUT2D eigenvalue weighted by Gasteiger charge is 2.14. The summed E-state index contributed by atoms with van der Waals surface area (Å²) in [5, 5.41) is 15.8. The quantitative estimate of drug-likeness (QED) is 0.437. The Morgan fingerprint density at radius 1 is 0.968 bits per heavy atom. The summed E-state index contributed by atoms with van der Waals surface area (Å²) in [4.78, 5) is 0.217. The van der Waals surface area contributed by atoms with Crippen molar-refractivity contribution in [2.24, 2.45) is 0 Å². The smallest absolute Gasteiger partial charge is 0.240 e. The topological polar surface area (TPSA) is 101 Å². The summed E-state index contributed by atoms with van der Waals surface area (Å²) in [6, 6.07) is 16.4. The van der Waals surface area contributed by atoms with Crippen LogP contribution in [0.4, 0.5) is 10.2 Å². The number of hydrogen-bond donors (Lipinski definition) is 2. The molecule has 0 saturated heterocycles. The number of nitrogens with one attached hydrogen (secondary N) is 2. The largest absolute Gasteiger partial charge is 0.365 e. The molecule has 0 aliphatic carbocycles. The van der Waals surface area contributed by atoms with Gasteiger partial charge >= 0.3 is 0 Å². The average molecular weight is 441 g/mol. The zero-order valence-corrected chi connectivity index (χ0v) is 17.6. The molecule has 31 heavy (non-hydrogen) atoms. The van der Waals surface area contributed by atoms with Crippen molar-refractivity contribution in [2.75, 3.05) is 11.9 Å². The zero-order valence-electron chi connectivity index (χ0n) is 16.8. The molecule has 0 saturated carbocycles. The second-order valence-corrected chi connectivity index (χ2v) is 8.81. The lowest BCUT2D eigenvalue weighted by Gasteiger charge is -2.08. The highest BCUT2D eigenvalue weighted by atomic mass is 32.2. The van der Waals surface area contributed by atoms with Crippen LogP contribution in [0.25, 0.3) is 5.65 Å². The number of sulfonamides is 1. The van der Waals surface area contributed by atoms with E-state index in [9.17, 15) is 12.8 Å². The van der Waals surface area contributed by atoms with Crippen molar-refractivity contribution in [1.82, 2.24) is 24.5 Å². The molecule has 10 heteroatoms. The third kappa shape index (κ3) is 5.04. The number of nitrogens with zero attached hydrogens (tertiary/aromatic N) is 4. The molecule has 8 nitrogen and oxygen atoms in total. The van der Waals surface area contributed by atoms with Gasteiger partial charge in [-0.1, -0.05) is 29.8 Å². The molecular weight excluding hydrogens is 419 g/mol. The highest BCUT2D eigenvalue weighted by Crippen LogP contribution is 2.12. The minimum Gasteiger partial charge on any atom is -0.365 e. The Hall–Kier alpha value is -3.37. The number of aryl methyl sites for hydroxylation is 1. The molecule has 160 valence electrons. The normalized spacial score (nSPS) is 11.7. The lowest BCUT2D eigenvalue weighted by atomic mass is 10.2. The van der Waals surface area contributed by atoms with Gasteiger partial charge in [0.05, 0.1) is 4.90 Å². The summed E-state index contributed by atoms with van der Waals surface area (Å²) in [5.41, 5.74) is 2.46. The van der Waals surface area contributed by atoms with Crippen LogP contribution in [0.5, 0.6) is 0 Å². The Morgan fingerprint density at radius 2 is 1.71 bits per heavy atom. The number of anilines is 1. The van der Waals surface area contributed by atoms with Crippen molar-refractivity contribution in [3.8, 4) is 0 Å². The molecule has 0 fully saturated rings. The summed E-state index contributed by atoms with van der Waals surface area (Å²) in [7, 11) is -3.60. The monoisotopic (exact) mass is 440 g/mol. The van der Waals surface area contributed by atoms with Gasteiger partial charge in [-0.25, -0.2) is 17.5 Å². The van der Waals surface area contributed by atoms with E-state index in [0.717, 1.165) is 11.1 Å². The molecule has 2 heterocycles. The van der Waals surface area contributed by atoms with Gasteiger partial charge in [0.2, 0.25) is 10.0 Å². The standard InChI is InChI=1S/C21H21FN6O2S/c1-15-2-8-18(9-3-15)31(29,30)24-13-12-21-26-25-20-11-10-19(27-28(20)21)23-14-16-4-6-17(22)7-5-16/h2-11,24H,12-14H2,1H3,(H,23,27). The fourth-order valence-corrected chi connectivity index (χ4v) is 4.01. The summed E-state index contributed by atoms with van der Waals surface area (Å²) in [5.74, 6) is 0.848.